The molecule has 138 valence electrons. The topological polar surface area (TPSA) is 23.8 Å². The van der Waals surface area contributed by atoms with E-state index < -0.39 is 0 Å². The summed E-state index contributed by atoms with van der Waals surface area (Å²) >= 11 is 14.5. The molecule has 1 unspecified atom stereocenters. The van der Waals surface area contributed by atoms with Gasteiger partial charge in [-0.3, -0.25) is 0 Å². The van der Waals surface area contributed by atoms with E-state index in [1.807, 2.05) is 18.2 Å². The van der Waals surface area contributed by atoms with E-state index in [0.29, 0.717) is 6.42 Å². The van der Waals surface area contributed by atoms with Crippen LogP contribution in [0.5, 0.6) is 0 Å². The highest BCUT2D eigenvalue weighted by Crippen LogP contribution is 2.38. The molecule has 0 aliphatic rings. The number of halogens is 4. The van der Waals surface area contributed by atoms with Crippen molar-refractivity contribution in [2.45, 2.75) is 12.3 Å². The van der Waals surface area contributed by atoms with Gasteiger partial charge in [-0.1, -0.05) is 88.0 Å². The molecule has 0 amide bonds. The fourth-order valence-electron chi connectivity index (χ4n) is 3.59. The van der Waals surface area contributed by atoms with Gasteiger partial charge in [-0.25, -0.2) is 0 Å². The Kier molecular flexibility index (Phi) is 5.94. The van der Waals surface area contributed by atoms with Gasteiger partial charge in [-0.05, 0) is 75.5 Å². The van der Waals surface area contributed by atoms with Gasteiger partial charge in [-0.15, -0.1) is 0 Å². The Morgan fingerprint density at radius 1 is 0.714 bits per heavy atom. The van der Waals surface area contributed by atoms with Crippen molar-refractivity contribution in [1.82, 2.24) is 0 Å². The summed E-state index contributed by atoms with van der Waals surface area (Å²) in [6, 6.07) is 23.3. The molecule has 0 aliphatic heterocycles. The average Bonchev–Trinajstić information content (AvgIpc) is 2.68. The molecular weight excluding hydrogens is 610 g/mol. The minimum Gasteiger partial charge on any atom is -0.198 e. The van der Waals surface area contributed by atoms with Crippen LogP contribution >= 0.6 is 63.7 Å². The van der Waals surface area contributed by atoms with Crippen molar-refractivity contribution < 1.29 is 0 Å². The molecule has 0 saturated carbocycles. The summed E-state index contributed by atoms with van der Waals surface area (Å²) in [5, 5.41) is 14.6. The van der Waals surface area contributed by atoms with Gasteiger partial charge in [0.1, 0.15) is 0 Å². The van der Waals surface area contributed by atoms with Gasteiger partial charge < -0.3 is 0 Å². The van der Waals surface area contributed by atoms with Crippen molar-refractivity contribution in [3.05, 3.63) is 89.7 Å². The van der Waals surface area contributed by atoms with E-state index in [2.05, 4.69) is 112 Å². The van der Waals surface area contributed by atoms with Gasteiger partial charge in [0.15, 0.2) is 0 Å². The molecule has 0 heterocycles. The maximum absolute atomic E-state index is 10.1. The number of rotatable bonds is 3. The fourth-order valence-corrected chi connectivity index (χ4v) is 5.45. The predicted octanol–water partition coefficient (Wildman–Crippen LogP) is 8.89. The summed E-state index contributed by atoms with van der Waals surface area (Å²) in [6.45, 7) is 0. The molecule has 4 aromatic carbocycles. The summed E-state index contributed by atoms with van der Waals surface area (Å²) in [5.41, 5.74) is 2.17. The second kappa shape index (κ2) is 8.28. The first-order valence-corrected chi connectivity index (χ1v) is 11.8. The summed E-state index contributed by atoms with van der Waals surface area (Å²) in [4.78, 5) is 0. The van der Waals surface area contributed by atoms with Crippen LogP contribution in [0.1, 0.15) is 17.0 Å². The number of nitriles is 1. The molecular formula is C23H13Br4N. The van der Waals surface area contributed by atoms with Crippen LogP contribution in [-0.4, -0.2) is 0 Å². The van der Waals surface area contributed by atoms with Gasteiger partial charge >= 0.3 is 0 Å². The standard InChI is InChI=1S/C23H13Br4N/c24-16-5-1-13-3-7-21(26)20(18(13)10-16)9-15(12-28)23-19-11-17(25)6-2-14(19)4-8-22(23)27/h1-8,10-11,15H,9H2. The van der Waals surface area contributed by atoms with Crippen LogP contribution < -0.4 is 0 Å². The number of nitrogens with zero attached hydrogens (tertiary/aromatic N) is 1. The van der Waals surface area contributed by atoms with Gasteiger partial charge in [-0.2, -0.15) is 5.26 Å². The number of benzene rings is 4. The molecule has 1 atom stereocenters. The molecule has 4 rings (SSSR count). The van der Waals surface area contributed by atoms with E-state index in [9.17, 15) is 5.26 Å². The number of hydrogen-bond donors (Lipinski definition) is 0. The highest BCUT2D eigenvalue weighted by atomic mass is 79.9. The molecule has 0 radical (unpaired) electrons. The summed E-state index contributed by atoms with van der Waals surface area (Å²) in [7, 11) is 0. The van der Waals surface area contributed by atoms with Gasteiger partial charge in [0.2, 0.25) is 0 Å². The molecule has 0 saturated heterocycles. The summed E-state index contributed by atoms with van der Waals surface area (Å²) in [6.07, 6.45) is 0.620. The lowest BCUT2D eigenvalue weighted by Gasteiger charge is -2.17. The maximum atomic E-state index is 10.1. The average molecular weight is 623 g/mol. The lowest BCUT2D eigenvalue weighted by molar-refractivity contribution is 0.855. The Hall–Kier alpha value is -1.19. The van der Waals surface area contributed by atoms with Crippen LogP contribution in [0, 0.1) is 11.3 Å². The molecule has 0 N–H and O–H groups in total. The van der Waals surface area contributed by atoms with Crippen LogP contribution in [0.15, 0.2) is 78.6 Å². The third-order valence-electron chi connectivity index (χ3n) is 4.92. The van der Waals surface area contributed by atoms with Crippen molar-refractivity contribution in [2.75, 3.05) is 0 Å². The largest absolute Gasteiger partial charge is 0.198 e. The zero-order valence-electron chi connectivity index (χ0n) is 14.5. The molecule has 1 nitrogen and oxygen atoms in total. The van der Waals surface area contributed by atoms with E-state index in [1.165, 1.54) is 0 Å². The zero-order valence-corrected chi connectivity index (χ0v) is 20.9. The molecule has 0 fully saturated rings. The first kappa shape index (κ1) is 20.1. The molecule has 0 spiro atoms. The maximum Gasteiger partial charge on any atom is 0.0770 e. The fraction of sp³-hybridized carbons (Fsp3) is 0.0870. The Morgan fingerprint density at radius 3 is 1.89 bits per heavy atom. The molecule has 5 heteroatoms. The van der Waals surface area contributed by atoms with Gasteiger partial charge in [0.25, 0.3) is 0 Å². The van der Waals surface area contributed by atoms with Crippen LogP contribution in [0.3, 0.4) is 0 Å². The van der Waals surface area contributed by atoms with Gasteiger partial charge in [0, 0.05) is 17.9 Å². The SMILES string of the molecule is N#CC(Cc1c(Br)ccc2ccc(Br)cc12)c1c(Br)ccc2ccc(Br)cc12. The highest BCUT2D eigenvalue weighted by Gasteiger charge is 2.20. The number of fused-ring (bicyclic) bond motifs is 2. The first-order valence-electron chi connectivity index (χ1n) is 8.62. The molecule has 0 bridgehead atoms. The minimum atomic E-state index is -0.284. The van der Waals surface area contributed by atoms with E-state index in [-0.39, 0.29) is 5.92 Å². The normalized spacial score (nSPS) is 12.2. The van der Waals surface area contributed by atoms with E-state index in [1.54, 1.807) is 0 Å². The molecule has 4 aromatic rings. The van der Waals surface area contributed by atoms with Crippen molar-refractivity contribution in [3.8, 4) is 6.07 Å². The summed E-state index contributed by atoms with van der Waals surface area (Å²) < 4.78 is 4.02. The first-order chi connectivity index (χ1) is 13.5. The molecule has 28 heavy (non-hydrogen) atoms. The van der Waals surface area contributed by atoms with Crippen molar-refractivity contribution >= 4 is 85.3 Å². The second-order valence-electron chi connectivity index (χ2n) is 6.60. The molecule has 0 aliphatic carbocycles. The number of hydrogen-bond acceptors (Lipinski definition) is 1. The Morgan fingerprint density at radius 2 is 1.25 bits per heavy atom. The third kappa shape index (κ3) is 3.80. The van der Waals surface area contributed by atoms with E-state index >= 15 is 0 Å². The van der Waals surface area contributed by atoms with Crippen LogP contribution in [0.4, 0.5) is 0 Å². The second-order valence-corrected chi connectivity index (χ2v) is 10.1. The Labute approximate surface area is 197 Å². The van der Waals surface area contributed by atoms with Crippen LogP contribution in [-0.2, 0) is 6.42 Å². The Balaban J connectivity index is 1.90. The van der Waals surface area contributed by atoms with E-state index in [0.717, 1.165) is 50.6 Å². The van der Waals surface area contributed by atoms with Crippen molar-refractivity contribution in [3.63, 3.8) is 0 Å². The molecule has 0 aromatic heterocycles. The monoisotopic (exact) mass is 619 g/mol. The van der Waals surface area contributed by atoms with Crippen molar-refractivity contribution in [2.24, 2.45) is 0 Å². The van der Waals surface area contributed by atoms with Crippen molar-refractivity contribution in [1.29, 1.82) is 5.26 Å². The quantitative estimate of drug-likeness (QED) is 0.224. The Bertz CT molecular complexity index is 1250. The van der Waals surface area contributed by atoms with Crippen LogP contribution in [0.25, 0.3) is 21.5 Å². The lowest BCUT2D eigenvalue weighted by atomic mass is 9.88. The van der Waals surface area contributed by atoms with Crippen LogP contribution in [0.2, 0.25) is 0 Å². The smallest absolute Gasteiger partial charge is 0.0770 e. The predicted molar refractivity (Wildman–Crippen MR) is 131 cm³/mol. The summed E-state index contributed by atoms with van der Waals surface area (Å²) in [5.74, 6) is -0.284. The van der Waals surface area contributed by atoms with E-state index in [4.69, 9.17) is 0 Å². The third-order valence-corrected chi connectivity index (χ3v) is 7.34. The lowest BCUT2D eigenvalue weighted by Crippen LogP contribution is -2.04. The zero-order chi connectivity index (χ0) is 19.8. The van der Waals surface area contributed by atoms with Gasteiger partial charge in [0.05, 0.1) is 12.0 Å². The minimum absolute atomic E-state index is 0.284. The highest BCUT2D eigenvalue weighted by molar-refractivity contribution is 9.11.